The third kappa shape index (κ3) is 13.2. The minimum absolute atomic E-state index is 0.0357. The lowest BCUT2D eigenvalue weighted by Gasteiger charge is -2.28. The molecule has 0 aromatic rings. The van der Waals surface area contributed by atoms with Crippen LogP contribution in [-0.4, -0.2) is 23.1 Å². The molecule has 0 aromatic heterocycles. The second-order valence-electron chi connectivity index (χ2n) is 10.2. The first-order valence-electron chi connectivity index (χ1n) is 13.4. The molecular weight excluding hydrogens is 388 g/mol. The number of carboxylic acids is 1. The van der Waals surface area contributed by atoms with Crippen LogP contribution in [0.4, 0.5) is 0 Å². The molecule has 0 saturated heterocycles. The molecule has 1 rings (SSSR count). The molecule has 1 fully saturated rings. The molecule has 0 spiro atoms. The number of hydrogen-bond acceptors (Lipinski definition) is 3. The van der Waals surface area contributed by atoms with Gasteiger partial charge in [0.15, 0.2) is 0 Å². The molecule has 1 aliphatic rings. The average Bonchev–Trinajstić information content (AvgIpc) is 2.74. The first-order valence-corrected chi connectivity index (χ1v) is 13.4. The highest BCUT2D eigenvalue weighted by Crippen LogP contribution is 2.32. The van der Waals surface area contributed by atoms with E-state index in [0.29, 0.717) is 12.8 Å². The van der Waals surface area contributed by atoms with Gasteiger partial charge in [-0.2, -0.15) is 0 Å². The molecule has 182 valence electrons. The zero-order valence-electron chi connectivity index (χ0n) is 20.7. The second kappa shape index (κ2) is 17.5. The van der Waals surface area contributed by atoms with E-state index in [9.17, 15) is 14.7 Å². The van der Waals surface area contributed by atoms with E-state index in [1.54, 1.807) is 0 Å². The van der Waals surface area contributed by atoms with E-state index >= 15 is 0 Å². The summed E-state index contributed by atoms with van der Waals surface area (Å²) in [6.07, 6.45) is 20.0. The fraction of sp³-hybridized carbons (Fsp3) is 0.926. The van der Waals surface area contributed by atoms with E-state index in [1.807, 2.05) is 0 Å². The van der Waals surface area contributed by atoms with Crippen molar-refractivity contribution in [2.75, 3.05) is 0 Å². The van der Waals surface area contributed by atoms with Crippen molar-refractivity contribution < 1.29 is 19.4 Å². The number of esters is 1. The maximum absolute atomic E-state index is 12.8. The third-order valence-electron chi connectivity index (χ3n) is 6.86. The summed E-state index contributed by atoms with van der Waals surface area (Å²) in [7, 11) is 0. The van der Waals surface area contributed by atoms with Crippen LogP contribution in [0.25, 0.3) is 0 Å². The molecule has 0 aromatic carbocycles. The molecule has 31 heavy (non-hydrogen) atoms. The lowest BCUT2D eigenvalue weighted by molar-refractivity contribution is -0.164. The van der Waals surface area contributed by atoms with E-state index in [0.717, 1.165) is 57.3 Å². The highest BCUT2D eigenvalue weighted by Gasteiger charge is 2.37. The fourth-order valence-electron chi connectivity index (χ4n) is 4.83. The van der Waals surface area contributed by atoms with Crippen LogP contribution >= 0.6 is 0 Å². The fourth-order valence-corrected chi connectivity index (χ4v) is 4.83. The summed E-state index contributed by atoms with van der Waals surface area (Å²) >= 11 is 0. The van der Waals surface area contributed by atoms with Crippen LogP contribution in [-0.2, 0) is 14.3 Å². The van der Waals surface area contributed by atoms with Crippen molar-refractivity contribution in [2.45, 2.75) is 142 Å². The Morgan fingerprint density at radius 3 is 1.77 bits per heavy atom. The third-order valence-corrected chi connectivity index (χ3v) is 6.86. The largest absolute Gasteiger partial charge is 0.481 e. The van der Waals surface area contributed by atoms with Crippen molar-refractivity contribution >= 4 is 11.9 Å². The van der Waals surface area contributed by atoms with Gasteiger partial charge in [0.05, 0.1) is 11.8 Å². The Morgan fingerprint density at radius 1 is 0.774 bits per heavy atom. The normalized spacial score (nSPS) is 20.0. The molecule has 1 N–H and O–H groups in total. The van der Waals surface area contributed by atoms with Gasteiger partial charge in [-0.15, -0.1) is 0 Å². The first kappa shape index (κ1) is 28.0. The molecule has 0 amide bonds. The van der Waals surface area contributed by atoms with E-state index in [4.69, 9.17) is 4.74 Å². The van der Waals surface area contributed by atoms with Crippen LogP contribution in [0, 0.1) is 17.8 Å². The molecule has 1 saturated carbocycles. The summed E-state index contributed by atoms with van der Waals surface area (Å²) in [5, 5.41) is 9.47. The number of carboxylic acid groups (broad SMARTS) is 1. The van der Waals surface area contributed by atoms with Crippen LogP contribution in [0.2, 0.25) is 0 Å². The number of unbranched alkanes of at least 4 members (excludes halogenated alkanes) is 9. The van der Waals surface area contributed by atoms with Gasteiger partial charge < -0.3 is 9.84 Å². The number of rotatable bonds is 18. The molecule has 0 aliphatic heterocycles. The number of carbonyl (C=O) groups is 2. The predicted molar refractivity (Wildman–Crippen MR) is 128 cm³/mol. The van der Waals surface area contributed by atoms with Gasteiger partial charge >= 0.3 is 11.9 Å². The van der Waals surface area contributed by atoms with E-state index in [1.165, 1.54) is 51.4 Å². The van der Waals surface area contributed by atoms with Gasteiger partial charge in [0.2, 0.25) is 0 Å². The van der Waals surface area contributed by atoms with Crippen molar-refractivity contribution in [3.63, 3.8) is 0 Å². The average molecular weight is 439 g/mol. The molecule has 3 atom stereocenters. The van der Waals surface area contributed by atoms with Gasteiger partial charge in [0, 0.05) is 0 Å². The van der Waals surface area contributed by atoms with E-state index < -0.39 is 17.8 Å². The number of hydrogen-bond donors (Lipinski definition) is 1. The summed E-state index contributed by atoms with van der Waals surface area (Å²) in [5.74, 6) is -1.27. The van der Waals surface area contributed by atoms with Gasteiger partial charge in [-0.3, -0.25) is 9.59 Å². The maximum atomic E-state index is 12.8. The van der Waals surface area contributed by atoms with Crippen LogP contribution in [0.3, 0.4) is 0 Å². The molecule has 1 aliphatic carbocycles. The zero-order valence-corrected chi connectivity index (χ0v) is 20.7. The van der Waals surface area contributed by atoms with Crippen molar-refractivity contribution in [1.82, 2.24) is 0 Å². The number of ether oxygens (including phenoxy) is 1. The van der Waals surface area contributed by atoms with E-state index in [-0.39, 0.29) is 12.1 Å². The van der Waals surface area contributed by atoms with Gasteiger partial charge in [0.25, 0.3) is 0 Å². The molecule has 4 heteroatoms. The van der Waals surface area contributed by atoms with Crippen molar-refractivity contribution in [1.29, 1.82) is 0 Å². The Kier molecular flexibility index (Phi) is 15.8. The number of carbonyl (C=O) groups excluding carboxylic acids is 1. The Bertz CT molecular complexity index is 474. The molecular formula is C27H50O4. The summed E-state index contributed by atoms with van der Waals surface area (Å²) in [4.78, 5) is 24.3. The van der Waals surface area contributed by atoms with Crippen LogP contribution in [0.15, 0.2) is 0 Å². The Labute approximate surface area is 191 Å². The van der Waals surface area contributed by atoms with Gasteiger partial charge in [-0.05, 0) is 44.4 Å². The lowest BCUT2D eigenvalue weighted by atomic mass is 9.79. The highest BCUT2D eigenvalue weighted by atomic mass is 16.5. The number of aliphatic carboxylic acids is 1. The maximum Gasteiger partial charge on any atom is 0.310 e. The lowest BCUT2D eigenvalue weighted by Crippen LogP contribution is -2.35. The summed E-state index contributed by atoms with van der Waals surface area (Å²) in [6, 6.07) is 0. The monoisotopic (exact) mass is 438 g/mol. The topological polar surface area (TPSA) is 63.6 Å². The zero-order chi connectivity index (χ0) is 22.9. The van der Waals surface area contributed by atoms with Crippen molar-refractivity contribution in [3.8, 4) is 0 Å². The summed E-state index contributed by atoms with van der Waals surface area (Å²) < 4.78 is 5.91. The van der Waals surface area contributed by atoms with Gasteiger partial charge in [0.1, 0.15) is 6.10 Å². The SMILES string of the molecule is CCCCCC(CCCCCCCCCCC(C)C)OC(=O)C1CCCCC1C(=O)O. The Balaban J connectivity index is 2.30. The summed E-state index contributed by atoms with van der Waals surface area (Å²) in [6.45, 7) is 6.78. The quantitative estimate of drug-likeness (QED) is 0.174. The smallest absolute Gasteiger partial charge is 0.310 e. The van der Waals surface area contributed by atoms with Gasteiger partial charge in [-0.1, -0.05) is 97.8 Å². The van der Waals surface area contributed by atoms with Crippen molar-refractivity contribution in [2.24, 2.45) is 17.8 Å². The molecule has 4 nitrogen and oxygen atoms in total. The van der Waals surface area contributed by atoms with Crippen LogP contribution in [0.5, 0.6) is 0 Å². The van der Waals surface area contributed by atoms with E-state index in [2.05, 4.69) is 20.8 Å². The highest BCUT2D eigenvalue weighted by molar-refractivity contribution is 5.81. The second-order valence-corrected chi connectivity index (χ2v) is 10.2. The minimum Gasteiger partial charge on any atom is -0.481 e. The first-order chi connectivity index (χ1) is 15.0. The Hall–Kier alpha value is -1.06. The van der Waals surface area contributed by atoms with Crippen molar-refractivity contribution in [3.05, 3.63) is 0 Å². The summed E-state index contributed by atoms with van der Waals surface area (Å²) in [5.41, 5.74) is 0. The Morgan fingerprint density at radius 2 is 1.26 bits per heavy atom. The van der Waals surface area contributed by atoms with Gasteiger partial charge in [-0.25, -0.2) is 0 Å². The molecule has 0 radical (unpaired) electrons. The van der Waals surface area contributed by atoms with Crippen LogP contribution in [0.1, 0.15) is 136 Å². The van der Waals surface area contributed by atoms with Crippen LogP contribution < -0.4 is 0 Å². The molecule has 3 unspecified atom stereocenters. The molecule has 0 bridgehead atoms. The molecule has 0 heterocycles. The minimum atomic E-state index is -0.839. The predicted octanol–water partition coefficient (Wildman–Crippen LogP) is 7.93. The standard InChI is InChI=1S/C27H50O4/c1-4-5-12-18-23(19-14-11-9-7-6-8-10-13-17-22(2)3)31-27(30)25-21-16-15-20-24(25)26(28)29/h22-25H,4-21H2,1-3H3,(H,28,29).